The van der Waals surface area contributed by atoms with E-state index in [2.05, 4.69) is 10.3 Å². The first-order chi connectivity index (χ1) is 8.97. The summed E-state index contributed by atoms with van der Waals surface area (Å²) in [6.07, 6.45) is 1.69. The van der Waals surface area contributed by atoms with Crippen molar-refractivity contribution < 1.29 is 4.79 Å². The minimum Gasteiger partial charge on any atom is -0.365 e. The second-order valence-corrected chi connectivity index (χ2v) is 5.47. The summed E-state index contributed by atoms with van der Waals surface area (Å²) >= 11 is 0. The van der Waals surface area contributed by atoms with E-state index in [4.69, 9.17) is 0 Å². The Labute approximate surface area is 113 Å². The lowest BCUT2D eigenvalue weighted by atomic mass is 10.0. The highest BCUT2D eigenvalue weighted by molar-refractivity contribution is 6.11. The predicted molar refractivity (Wildman–Crippen MR) is 77.5 cm³/mol. The van der Waals surface area contributed by atoms with Crippen molar-refractivity contribution in [3.63, 3.8) is 0 Å². The van der Waals surface area contributed by atoms with Crippen LogP contribution in [0.25, 0.3) is 0 Å². The van der Waals surface area contributed by atoms with E-state index in [0.717, 1.165) is 0 Å². The molecule has 98 valence electrons. The Kier molecular flexibility index (Phi) is 3.65. The van der Waals surface area contributed by atoms with E-state index in [1.54, 1.807) is 18.3 Å². The Balaban J connectivity index is 2.38. The number of rotatable bonds is 3. The smallest absolute Gasteiger partial charge is 0.196 e. The first-order valence-electron chi connectivity index (χ1n) is 6.30. The number of pyridine rings is 1. The minimum atomic E-state index is -0.139. The van der Waals surface area contributed by atoms with Crippen molar-refractivity contribution in [1.82, 2.24) is 4.98 Å². The SMILES string of the molecule is CC(C)(C)Nc1ncccc1C(=O)c1ccccc1. The number of carbonyl (C=O) groups is 1. The first kappa shape index (κ1) is 13.3. The van der Waals surface area contributed by atoms with Gasteiger partial charge in [0.2, 0.25) is 0 Å². The van der Waals surface area contributed by atoms with Gasteiger partial charge in [0.1, 0.15) is 5.82 Å². The normalized spacial score (nSPS) is 11.1. The molecule has 0 aliphatic carbocycles. The highest BCUT2D eigenvalue weighted by atomic mass is 16.1. The number of nitrogens with one attached hydrogen (secondary N) is 1. The highest BCUT2D eigenvalue weighted by Crippen LogP contribution is 2.20. The zero-order valence-electron chi connectivity index (χ0n) is 11.5. The van der Waals surface area contributed by atoms with Gasteiger partial charge < -0.3 is 5.32 Å². The van der Waals surface area contributed by atoms with Crippen LogP contribution >= 0.6 is 0 Å². The van der Waals surface area contributed by atoms with Crippen LogP contribution in [0.4, 0.5) is 5.82 Å². The van der Waals surface area contributed by atoms with E-state index in [-0.39, 0.29) is 11.3 Å². The third-order valence-corrected chi connectivity index (χ3v) is 2.58. The van der Waals surface area contributed by atoms with Crippen LogP contribution in [0, 0.1) is 0 Å². The van der Waals surface area contributed by atoms with Gasteiger partial charge in [-0.2, -0.15) is 0 Å². The maximum atomic E-state index is 12.5. The van der Waals surface area contributed by atoms with E-state index < -0.39 is 0 Å². The minimum absolute atomic E-state index is 0.0135. The first-order valence-corrected chi connectivity index (χ1v) is 6.30. The van der Waals surface area contributed by atoms with Crippen molar-refractivity contribution in [2.75, 3.05) is 5.32 Å². The molecule has 3 heteroatoms. The van der Waals surface area contributed by atoms with Crippen LogP contribution < -0.4 is 5.32 Å². The number of nitrogens with zero attached hydrogens (tertiary/aromatic N) is 1. The largest absolute Gasteiger partial charge is 0.365 e. The monoisotopic (exact) mass is 254 g/mol. The molecule has 0 aliphatic rings. The average molecular weight is 254 g/mol. The fraction of sp³-hybridized carbons (Fsp3) is 0.250. The molecule has 0 saturated heterocycles. The lowest BCUT2D eigenvalue weighted by molar-refractivity contribution is 0.103. The lowest BCUT2D eigenvalue weighted by Gasteiger charge is -2.22. The molecule has 0 aliphatic heterocycles. The van der Waals surface area contributed by atoms with Crippen LogP contribution in [-0.4, -0.2) is 16.3 Å². The van der Waals surface area contributed by atoms with Gasteiger partial charge in [0, 0.05) is 17.3 Å². The number of carbonyl (C=O) groups excluding carboxylic acids is 1. The van der Waals surface area contributed by atoms with Crippen LogP contribution in [0.1, 0.15) is 36.7 Å². The maximum Gasteiger partial charge on any atom is 0.196 e. The number of anilines is 1. The standard InChI is InChI=1S/C16H18N2O/c1-16(2,3)18-15-13(10-7-11-17-15)14(19)12-8-5-4-6-9-12/h4-11H,1-3H3,(H,17,18). The number of ketones is 1. The van der Waals surface area contributed by atoms with Crippen molar-refractivity contribution in [2.24, 2.45) is 0 Å². The molecule has 2 rings (SSSR count). The van der Waals surface area contributed by atoms with Crippen LogP contribution in [-0.2, 0) is 0 Å². The molecule has 0 saturated carbocycles. The van der Waals surface area contributed by atoms with Gasteiger partial charge in [-0.15, -0.1) is 0 Å². The molecular formula is C16H18N2O. The van der Waals surface area contributed by atoms with Gasteiger partial charge in [0.25, 0.3) is 0 Å². The van der Waals surface area contributed by atoms with Crippen molar-refractivity contribution in [3.05, 3.63) is 59.8 Å². The zero-order chi connectivity index (χ0) is 13.9. The van der Waals surface area contributed by atoms with E-state index in [0.29, 0.717) is 16.9 Å². The number of benzene rings is 1. The van der Waals surface area contributed by atoms with Crippen molar-refractivity contribution in [2.45, 2.75) is 26.3 Å². The summed E-state index contributed by atoms with van der Waals surface area (Å²) in [7, 11) is 0. The summed E-state index contributed by atoms with van der Waals surface area (Å²) in [5.41, 5.74) is 1.14. The summed E-state index contributed by atoms with van der Waals surface area (Å²) in [6, 6.07) is 12.8. The molecule has 0 radical (unpaired) electrons. The molecule has 1 heterocycles. The molecule has 1 N–H and O–H groups in total. The number of aromatic nitrogens is 1. The summed E-state index contributed by atoms with van der Waals surface area (Å²) in [5.74, 6) is 0.615. The van der Waals surface area contributed by atoms with Gasteiger partial charge in [0.05, 0.1) is 5.56 Å². The van der Waals surface area contributed by atoms with Crippen molar-refractivity contribution in [1.29, 1.82) is 0 Å². The number of hydrogen-bond acceptors (Lipinski definition) is 3. The zero-order valence-corrected chi connectivity index (χ0v) is 11.5. The topological polar surface area (TPSA) is 42.0 Å². The molecule has 0 unspecified atom stereocenters. The van der Waals surface area contributed by atoms with Gasteiger partial charge in [0.15, 0.2) is 5.78 Å². The van der Waals surface area contributed by atoms with Gasteiger partial charge >= 0.3 is 0 Å². The van der Waals surface area contributed by atoms with Gasteiger partial charge in [-0.1, -0.05) is 30.3 Å². The van der Waals surface area contributed by atoms with Crippen LogP contribution in [0.15, 0.2) is 48.7 Å². The fourth-order valence-electron chi connectivity index (χ4n) is 1.79. The Morgan fingerprint density at radius 2 is 1.74 bits per heavy atom. The van der Waals surface area contributed by atoms with Crippen LogP contribution in [0.2, 0.25) is 0 Å². The van der Waals surface area contributed by atoms with Crippen LogP contribution in [0.3, 0.4) is 0 Å². The van der Waals surface area contributed by atoms with Crippen molar-refractivity contribution in [3.8, 4) is 0 Å². The Bertz CT molecular complexity index is 571. The fourth-order valence-corrected chi connectivity index (χ4v) is 1.79. The Morgan fingerprint density at radius 3 is 2.37 bits per heavy atom. The molecule has 0 fully saturated rings. The van der Waals surface area contributed by atoms with Crippen LogP contribution in [0.5, 0.6) is 0 Å². The average Bonchev–Trinajstić information content (AvgIpc) is 2.38. The second-order valence-electron chi connectivity index (χ2n) is 5.47. The molecule has 0 amide bonds. The molecular weight excluding hydrogens is 236 g/mol. The van der Waals surface area contributed by atoms with E-state index >= 15 is 0 Å². The Morgan fingerprint density at radius 1 is 1.05 bits per heavy atom. The molecule has 0 spiro atoms. The third kappa shape index (κ3) is 3.41. The van der Waals surface area contributed by atoms with Crippen molar-refractivity contribution >= 4 is 11.6 Å². The molecule has 19 heavy (non-hydrogen) atoms. The maximum absolute atomic E-state index is 12.5. The second kappa shape index (κ2) is 5.22. The third-order valence-electron chi connectivity index (χ3n) is 2.58. The summed E-state index contributed by atoms with van der Waals surface area (Å²) in [5, 5.41) is 3.27. The summed E-state index contributed by atoms with van der Waals surface area (Å²) in [4.78, 5) is 16.8. The molecule has 1 aromatic carbocycles. The van der Waals surface area contributed by atoms with E-state index in [1.807, 2.05) is 51.1 Å². The van der Waals surface area contributed by atoms with E-state index in [1.165, 1.54) is 0 Å². The molecule has 3 nitrogen and oxygen atoms in total. The Hall–Kier alpha value is -2.16. The molecule has 2 aromatic rings. The lowest BCUT2D eigenvalue weighted by Crippen LogP contribution is -2.28. The van der Waals surface area contributed by atoms with E-state index in [9.17, 15) is 4.79 Å². The molecule has 0 bridgehead atoms. The molecule has 1 aromatic heterocycles. The number of hydrogen-bond donors (Lipinski definition) is 1. The van der Waals surface area contributed by atoms with Gasteiger partial charge in [-0.05, 0) is 32.9 Å². The van der Waals surface area contributed by atoms with Gasteiger partial charge in [-0.25, -0.2) is 4.98 Å². The quantitative estimate of drug-likeness (QED) is 0.852. The molecule has 0 atom stereocenters. The summed E-state index contributed by atoms with van der Waals surface area (Å²) in [6.45, 7) is 6.12. The summed E-state index contributed by atoms with van der Waals surface area (Å²) < 4.78 is 0. The van der Waals surface area contributed by atoms with Gasteiger partial charge in [-0.3, -0.25) is 4.79 Å². The predicted octanol–water partition coefficient (Wildman–Crippen LogP) is 3.52. The highest BCUT2D eigenvalue weighted by Gasteiger charge is 2.18.